The molecule has 0 aliphatic rings. The smallest absolute Gasteiger partial charge is 0.343 e. The molecular weight excluding hydrogens is 382 g/mol. The van der Waals surface area contributed by atoms with Crippen molar-refractivity contribution in [3.05, 3.63) is 38.8 Å². The Morgan fingerprint density at radius 1 is 1.50 bits per heavy atom. The third-order valence-electron chi connectivity index (χ3n) is 2.54. The van der Waals surface area contributed by atoms with Crippen LogP contribution < -0.4 is 0 Å². The molecule has 0 radical (unpaired) electrons. The van der Waals surface area contributed by atoms with Crippen LogP contribution in [0.5, 0.6) is 0 Å². The average molecular weight is 391 g/mol. The van der Waals surface area contributed by atoms with Gasteiger partial charge in [0.15, 0.2) is 11.0 Å². The number of hydrogen-bond acceptors (Lipinski definition) is 8. The standard InChI is InChI=1S/C13H9Cl2FN4O3S/c1-2-23-12(22)7(4-17-13-20-18-5-24-13)9(21)6-3-8(16)11(15)19-10(6)14/h3-5,21H,2H2,1H3/b9-7-,17-4+. The predicted molar refractivity (Wildman–Crippen MR) is 88.5 cm³/mol. The van der Waals surface area contributed by atoms with E-state index in [1.165, 1.54) is 5.51 Å². The molecule has 0 bridgehead atoms. The molecule has 24 heavy (non-hydrogen) atoms. The van der Waals surface area contributed by atoms with E-state index in [4.69, 9.17) is 27.9 Å². The highest BCUT2D eigenvalue weighted by molar-refractivity contribution is 7.13. The van der Waals surface area contributed by atoms with Crippen molar-refractivity contribution in [1.29, 1.82) is 0 Å². The van der Waals surface area contributed by atoms with Crippen LogP contribution in [0.2, 0.25) is 10.3 Å². The average Bonchev–Trinajstić information content (AvgIpc) is 3.04. The highest BCUT2D eigenvalue weighted by Crippen LogP contribution is 2.27. The van der Waals surface area contributed by atoms with E-state index >= 15 is 0 Å². The molecule has 0 aliphatic heterocycles. The minimum Gasteiger partial charge on any atom is -0.506 e. The maximum atomic E-state index is 13.6. The minimum absolute atomic E-state index is 0.0588. The van der Waals surface area contributed by atoms with Crippen LogP contribution in [0.25, 0.3) is 5.76 Å². The van der Waals surface area contributed by atoms with Gasteiger partial charge in [-0.25, -0.2) is 19.2 Å². The van der Waals surface area contributed by atoms with Crippen molar-refractivity contribution in [3.63, 3.8) is 0 Å². The van der Waals surface area contributed by atoms with Gasteiger partial charge in [0.05, 0.1) is 12.2 Å². The molecule has 0 unspecified atom stereocenters. The van der Waals surface area contributed by atoms with Crippen LogP contribution >= 0.6 is 34.5 Å². The number of carbonyl (C=O) groups excluding carboxylic acids is 1. The molecule has 1 N–H and O–H groups in total. The van der Waals surface area contributed by atoms with E-state index in [0.717, 1.165) is 23.6 Å². The van der Waals surface area contributed by atoms with Crippen LogP contribution in [0.3, 0.4) is 0 Å². The molecule has 2 heterocycles. The fourth-order valence-corrected chi connectivity index (χ4v) is 2.33. The summed E-state index contributed by atoms with van der Waals surface area (Å²) in [6.45, 7) is 1.65. The topological polar surface area (TPSA) is 97.6 Å². The van der Waals surface area contributed by atoms with Gasteiger partial charge in [-0.2, -0.15) is 0 Å². The Hall–Kier alpha value is -2.10. The number of hydrogen-bond donors (Lipinski definition) is 1. The summed E-state index contributed by atoms with van der Waals surface area (Å²) < 4.78 is 18.4. The summed E-state index contributed by atoms with van der Waals surface area (Å²) in [4.78, 5) is 19.5. The van der Waals surface area contributed by atoms with Crippen molar-refractivity contribution in [1.82, 2.24) is 15.2 Å². The summed E-state index contributed by atoms with van der Waals surface area (Å²) in [5.74, 6) is -2.45. The summed E-state index contributed by atoms with van der Waals surface area (Å²) in [5, 5.41) is 17.1. The number of carbonyl (C=O) groups is 1. The van der Waals surface area contributed by atoms with E-state index in [1.54, 1.807) is 6.92 Å². The Morgan fingerprint density at radius 2 is 2.25 bits per heavy atom. The maximum Gasteiger partial charge on any atom is 0.343 e. The molecule has 0 saturated carbocycles. The number of aliphatic hydroxyl groups is 1. The van der Waals surface area contributed by atoms with Crippen LogP contribution in [0.1, 0.15) is 12.5 Å². The van der Waals surface area contributed by atoms with Crippen LogP contribution in [0.15, 0.2) is 22.1 Å². The lowest BCUT2D eigenvalue weighted by atomic mass is 10.1. The minimum atomic E-state index is -0.910. The first-order valence-corrected chi connectivity index (χ1v) is 8.00. The van der Waals surface area contributed by atoms with Gasteiger partial charge in [0.2, 0.25) is 5.13 Å². The number of esters is 1. The first-order chi connectivity index (χ1) is 11.4. The number of rotatable bonds is 5. The van der Waals surface area contributed by atoms with Gasteiger partial charge in [-0.3, -0.25) is 0 Å². The van der Waals surface area contributed by atoms with Crippen molar-refractivity contribution in [2.75, 3.05) is 6.61 Å². The monoisotopic (exact) mass is 390 g/mol. The Bertz CT molecular complexity index is 812. The van der Waals surface area contributed by atoms with Gasteiger partial charge in [-0.1, -0.05) is 34.5 Å². The number of aliphatic hydroxyl groups excluding tert-OH is 1. The molecule has 126 valence electrons. The number of halogens is 3. The molecule has 0 saturated heterocycles. The molecule has 2 rings (SSSR count). The van der Waals surface area contributed by atoms with Crippen molar-refractivity contribution in [2.45, 2.75) is 6.92 Å². The largest absolute Gasteiger partial charge is 0.506 e. The highest BCUT2D eigenvalue weighted by atomic mass is 35.5. The first kappa shape index (κ1) is 18.2. The summed E-state index contributed by atoms with van der Waals surface area (Å²) in [6, 6.07) is 0.852. The van der Waals surface area contributed by atoms with Crippen LogP contribution in [-0.4, -0.2) is 39.1 Å². The van der Waals surface area contributed by atoms with Crippen LogP contribution in [-0.2, 0) is 9.53 Å². The van der Waals surface area contributed by atoms with Gasteiger partial charge in [0, 0.05) is 6.21 Å². The van der Waals surface area contributed by atoms with Gasteiger partial charge < -0.3 is 9.84 Å². The summed E-state index contributed by atoms with van der Waals surface area (Å²) in [7, 11) is 0. The number of aromatic nitrogens is 3. The molecule has 7 nitrogen and oxygen atoms in total. The lowest BCUT2D eigenvalue weighted by molar-refractivity contribution is -0.137. The molecule has 0 aromatic carbocycles. The number of aliphatic imine (C=N–C) groups is 1. The molecule has 2 aromatic heterocycles. The van der Waals surface area contributed by atoms with E-state index in [-0.39, 0.29) is 28.0 Å². The zero-order chi connectivity index (χ0) is 17.7. The van der Waals surface area contributed by atoms with E-state index in [2.05, 4.69) is 20.2 Å². The second-order valence-electron chi connectivity index (χ2n) is 4.06. The van der Waals surface area contributed by atoms with Crippen LogP contribution in [0, 0.1) is 5.82 Å². The third-order valence-corrected chi connectivity index (χ3v) is 3.70. The fraction of sp³-hybridized carbons (Fsp3) is 0.154. The van der Waals surface area contributed by atoms with Gasteiger partial charge >= 0.3 is 5.97 Å². The summed E-state index contributed by atoms with van der Waals surface area (Å²) in [5.41, 5.74) is 0.859. The van der Waals surface area contributed by atoms with E-state index in [1.807, 2.05) is 0 Å². The second kappa shape index (κ2) is 8.13. The molecule has 0 amide bonds. The molecule has 0 fully saturated rings. The van der Waals surface area contributed by atoms with Crippen LogP contribution in [0.4, 0.5) is 9.52 Å². The van der Waals surface area contributed by atoms with Crippen molar-refractivity contribution in [2.24, 2.45) is 4.99 Å². The highest BCUT2D eigenvalue weighted by Gasteiger charge is 2.20. The molecule has 11 heteroatoms. The van der Waals surface area contributed by atoms with Crippen molar-refractivity contribution in [3.8, 4) is 0 Å². The van der Waals surface area contributed by atoms with Crippen molar-refractivity contribution < 1.29 is 19.0 Å². The van der Waals surface area contributed by atoms with Gasteiger partial charge in [0.25, 0.3) is 0 Å². The van der Waals surface area contributed by atoms with Gasteiger partial charge in [0.1, 0.15) is 22.0 Å². The second-order valence-corrected chi connectivity index (χ2v) is 5.59. The Balaban J connectivity index is 2.53. The lowest BCUT2D eigenvalue weighted by Crippen LogP contribution is -2.11. The van der Waals surface area contributed by atoms with Crippen molar-refractivity contribution >= 4 is 57.6 Å². The predicted octanol–water partition coefficient (Wildman–Crippen LogP) is 3.61. The summed E-state index contributed by atoms with van der Waals surface area (Å²) >= 11 is 12.5. The lowest BCUT2D eigenvalue weighted by Gasteiger charge is -2.08. The zero-order valence-corrected chi connectivity index (χ0v) is 14.4. The quantitative estimate of drug-likeness (QED) is 0.275. The first-order valence-electron chi connectivity index (χ1n) is 6.36. The van der Waals surface area contributed by atoms with E-state index in [9.17, 15) is 14.3 Å². The van der Waals surface area contributed by atoms with E-state index < -0.39 is 22.7 Å². The number of pyridine rings is 1. The Labute approximate surface area is 149 Å². The Morgan fingerprint density at radius 3 is 2.88 bits per heavy atom. The molecular formula is C13H9Cl2FN4O3S. The molecule has 0 aliphatic carbocycles. The van der Waals surface area contributed by atoms with Gasteiger partial charge in [-0.05, 0) is 13.0 Å². The maximum absolute atomic E-state index is 13.6. The third kappa shape index (κ3) is 4.25. The molecule has 2 aromatic rings. The normalized spacial score (nSPS) is 12.3. The molecule has 0 spiro atoms. The zero-order valence-electron chi connectivity index (χ0n) is 12.0. The van der Waals surface area contributed by atoms with Gasteiger partial charge in [-0.15, -0.1) is 10.2 Å². The fourth-order valence-electron chi connectivity index (χ4n) is 1.52. The SMILES string of the molecule is CCOC(=O)C(/C=N/c1nncs1)=C(\O)c1cc(F)c(Cl)nc1Cl. The summed E-state index contributed by atoms with van der Waals surface area (Å²) in [6.07, 6.45) is 1.02. The van der Waals surface area contributed by atoms with E-state index in [0.29, 0.717) is 0 Å². The number of nitrogens with zero attached hydrogens (tertiary/aromatic N) is 4. The molecule has 0 atom stereocenters. The Kier molecular flexibility index (Phi) is 6.18. The number of ether oxygens (including phenoxy) is 1.